The summed E-state index contributed by atoms with van der Waals surface area (Å²) in [5.74, 6) is -0.872. The molecule has 0 radical (unpaired) electrons. The summed E-state index contributed by atoms with van der Waals surface area (Å²) in [6, 6.07) is 13.2. The van der Waals surface area contributed by atoms with E-state index < -0.39 is 17.6 Å². The summed E-state index contributed by atoms with van der Waals surface area (Å²) in [4.78, 5) is 37.5. The lowest BCUT2D eigenvalue weighted by Gasteiger charge is -2.05. The predicted molar refractivity (Wildman–Crippen MR) is 92.8 cm³/mol. The van der Waals surface area contributed by atoms with Gasteiger partial charge in [-0.3, -0.25) is 9.59 Å². The van der Waals surface area contributed by atoms with Crippen molar-refractivity contribution in [3.8, 4) is 0 Å². The van der Waals surface area contributed by atoms with E-state index in [2.05, 4.69) is 10.2 Å². The minimum atomic E-state index is -1.05. The Labute approximate surface area is 148 Å². The molecule has 1 N–H and O–H groups in total. The van der Waals surface area contributed by atoms with Crippen molar-refractivity contribution in [2.24, 2.45) is 0 Å². The molecule has 0 saturated heterocycles. The molecule has 0 bridgehead atoms. The number of carbonyl (C=O) groups is 2. The average Bonchev–Trinajstić information content (AvgIpc) is 2.60. The second kappa shape index (κ2) is 8.60. The van der Waals surface area contributed by atoms with Gasteiger partial charge in [0.05, 0.1) is 0 Å². The first-order valence-electron chi connectivity index (χ1n) is 7.09. The van der Waals surface area contributed by atoms with Gasteiger partial charge in [-0.1, -0.05) is 29.8 Å². The monoisotopic (exact) mass is 360 g/mol. The summed E-state index contributed by atoms with van der Waals surface area (Å²) in [6.45, 7) is -0.697. The van der Waals surface area contributed by atoms with Crippen LogP contribution in [0, 0.1) is 10.1 Å². The molecule has 2 aromatic carbocycles. The molecule has 8 heteroatoms. The molecule has 0 aliphatic carbocycles. The van der Waals surface area contributed by atoms with Crippen LogP contribution in [-0.4, -0.2) is 23.4 Å². The summed E-state index contributed by atoms with van der Waals surface area (Å²) >= 11 is 5.79. The first kappa shape index (κ1) is 18.2. The molecule has 0 unspecified atom stereocenters. The maximum absolute atomic E-state index is 12.1. The van der Waals surface area contributed by atoms with E-state index in [1.165, 1.54) is 18.2 Å². The molecule has 0 aliphatic heterocycles. The van der Waals surface area contributed by atoms with Gasteiger partial charge in [-0.05, 0) is 48.0 Å². The van der Waals surface area contributed by atoms with Crippen LogP contribution in [0.25, 0.3) is 6.08 Å². The smallest absolute Gasteiger partial charge is 0.295 e. The van der Waals surface area contributed by atoms with Crippen LogP contribution in [0.15, 0.2) is 54.6 Å². The largest absolute Gasteiger partial charge is 0.324 e. The molecule has 0 heterocycles. The first-order valence-corrected chi connectivity index (χ1v) is 7.47. The lowest BCUT2D eigenvalue weighted by Crippen LogP contribution is -2.20. The molecule has 128 valence electrons. The zero-order valence-electron chi connectivity index (χ0n) is 12.8. The Bertz CT molecular complexity index is 801. The Morgan fingerprint density at radius 2 is 1.76 bits per heavy atom. The molecule has 2 rings (SSSR count). The number of amides is 1. The number of nitrogens with zero attached hydrogens (tertiary/aromatic N) is 1. The quantitative estimate of drug-likeness (QED) is 0.353. The van der Waals surface area contributed by atoms with Crippen LogP contribution in [0.5, 0.6) is 0 Å². The second-order valence-electron chi connectivity index (χ2n) is 4.87. The van der Waals surface area contributed by atoms with Gasteiger partial charge in [-0.2, -0.15) is 0 Å². The van der Waals surface area contributed by atoms with E-state index in [0.29, 0.717) is 16.3 Å². The third-order valence-electron chi connectivity index (χ3n) is 3.05. The highest BCUT2D eigenvalue weighted by atomic mass is 35.5. The first-order chi connectivity index (χ1) is 11.9. The Balaban J connectivity index is 1.94. The van der Waals surface area contributed by atoms with Gasteiger partial charge in [0.2, 0.25) is 5.91 Å². The number of benzene rings is 2. The minimum absolute atomic E-state index is 0.204. The molecule has 1 amide bonds. The van der Waals surface area contributed by atoms with E-state index in [1.807, 2.05) is 0 Å². The van der Waals surface area contributed by atoms with Crippen LogP contribution in [0.2, 0.25) is 5.02 Å². The van der Waals surface area contributed by atoms with Crippen molar-refractivity contribution < 1.29 is 19.5 Å². The van der Waals surface area contributed by atoms with Crippen LogP contribution in [0.1, 0.15) is 15.9 Å². The van der Waals surface area contributed by atoms with E-state index in [9.17, 15) is 19.7 Å². The van der Waals surface area contributed by atoms with Gasteiger partial charge in [0, 0.05) is 16.3 Å². The highest BCUT2D eigenvalue weighted by Gasteiger charge is 2.06. The van der Waals surface area contributed by atoms with E-state index in [-0.39, 0.29) is 5.78 Å². The predicted octanol–water partition coefficient (Wildman–Crippen LogP) is 3.38. The Kier molecular flexibility index (Phi) is 6.25. The summed E-state index contributed by atoms with van der Waals surface area (Å²) in [7, 11) is 0. The second-order valence-corrected chi connectivity index (χ2v) is 5.31. The Morgan fingerprint density at radius 1 is 1.12 bits per heavy atom. The van der Waals surface area contributed by atoms with Gasteiger partial charge in [-0.15, -0.1) is 10.1 Å². The van der Waals surface area contributed by atoms with Crippen LogP contribution in [0.3, 0.4) is 0 Å². The molecule has 0 fully saturated rings. The standard InChI is InChI=1S/C17H13ClN2O5/c18-14-6-1-12(2-7-14)3-10-16(21)13-4-8-15(9-5-13)19-17(22)11-25-20(23)24/h1-10H,11H2,(H,19,22)/b10-3+. The molecule has 2 aromatic rings. The van der Waals surface area contributed by atoms with Gasteiger partial charge >= 0.3 is 0 Å². The van der Waals surface area contributed by atoms with Crippen molar-refractivity contribution in [3.05, 3.63) is 80.9 Å². The molecule has 25 heavy (non-hydrogen) atoms. The number of hydrogen-bond acceptors (Lipinski definition) is 5. The number of allylic oxidation sites excluding steroid dienone is 1. The average molecular weight is 361 g/mol. The van der Waals surface area contributed by atoms with Gasteiger partial charge in [0.1, 0.15) is 0 Å². The molecular formula is C17H13ClN2O5. The maximum atomic E-state index is 12.1. The van der Waals surface area contributed by atoms with Crippen molar-refractivity contribution in [1.29, 1.82) is 0 Å². The number of halogens is 1. The highest BCUT2D eigenvalue weighted by Crippen LogP contribution is 2.13. The Hall–Kier alpha value is -3.19. The van der Waals surface area contributed by atoms with Crippen LogP contribution in [-0.2, 0) is 9.63 Å². The number of carbonyl (C=O) groups excluding carboxylic acids is 2. The van der Waals surface area contributed by atoms with E-state index in [0.717, 1.165) is 5.56 Å². The molecule has 0 atom stereocenters. The fourth-order valence-corrected chi connectivity index (χ4v) is 1.99. The Morgan fingerprint density at radius 3 is 2.36 bits per heavy atom. The molecule has 0 aromatic heterocycles. The normalized spacial score (nSPS) is 10.4. The fourth-order valence-electron chi connectivity index (χ4n) is 1.87. The molecule has 0 saturated carbocycles. The highest BCUT2D eigenvalue weighted by molar-refractivity contribution is 6.30. The lowest BCUT2D eigenvalue weighted by atomic mass is 10.1. The number of ketones is 1. The van der Waals surface area contributed by atoms with Gasteiger partial charge in [-0.25, -0.2) is 0 Å². The molecule has 7 nitrogen and oxygen atoms in total. The van der Waals surface area contributed by atoms with E-state index >= 15 is 0 Å². The summed E-state index contributed by atoms with van der Waals surface area (Å²) < 4.78 is 0. The van der Waals surface area contributed by atoms with Crippen molar-refractivity contribution >= 4 is 35.1 Å². The molecule has 0 aliphatic rings. The fraction of sp³-hybridized carbons (Fsp3) is 0.0588. The SMILES string of the molecule is O=C(CO[N+](=O)[O-])Nc1ccc(C(=O)/C=C/c2ccc(Cl)cc2)cc1. The summed E-state index contributed by atoms with van der Waals surface area (Å²) in [6.07, 6.45) is 3.10. The number of rotatable bonds is 7. The van der Waals surface area contributed by atoms with Gasteiger partial charge < -0.3 is 10.2 Å². The zero-order valence-corrected chi connectivity index (χ0v) is 13.6. The molecule has 0 spiro atoms. The van der Waals surface area contributed by atoms with Crippen molar-refractivity contribution in [1.82, 2.24) is 0 Å². The zero-order chi connectivity index (χ0) is 18.2. The summed E-state index contributed by atoms with van der Waals surface area (Å²) in [5, 5.41) is 12.0. The van der Waals surface area contributed by atoms with Gasteiger partial charge in [0.25, 0.3) is 5.09 Å². The van der Waals surface area contributed by atoms with Crippen molar-refractivity contribution in [2.45, 2.75) is 0 Å². The number of anilines is 1. The number of nitrogens with one attached hydrogen (secondary N) is 1. The van der Waals surface area contributed by atoms with E-state index in [1.54, 1.807) is 42.5 Å². The third kappa shape index (κ3) is 6.08. The van der Waals surface area contributed by atoms with E-state index in [4.69, 9.17) is 11.6 Å². The van der Waals surface area contributed by atoms with Crippen molar-refractivity contribution in [3.63, 3.8) is 0 Å². The van der Waals surface area contributed by atoms with Crippen LogP contribution in [0.4, 0.5) is 5.69 Å². The maximum Gasteiger partial charge on any atom is 0.295 e. The summed E-state index contributed by atoms with van der Waals surface area (Å²) in [5.41, 5.74) is 1.67. The molecular weight excluding hydrogens is 348 g/mol. The lowest BCUT2D eigenvalue weighted by molar-refractivity contribution is -0.754. The van der Waals surface area contributed by atoms with Crippen LogP contribution < -0.4 is 5.32 Å². The minimum Gasteiger partial charge on any atom is -0.324 e. The topological polar surface area (TPSA) is 98.5 Å². The third-order valence-corrected chi connectivity index (χ3v) is 3.30. The number of hydrogen-bond donors (Lipinski definition) is 1. The van der Waals surface area contributed by atoms with Gasteiger partial charge in [0.15, 0.2) is 12.4 Å². The van der Waals surface area contributed by atoms with Crippen molar-refractivity contribution in [2.75, 3.05) is 11.9 Å². The van der Waals surface area contributed by atoms with Crippen LogP contribution >= 0.6 is 11.6 Å².